The standard InChI is InChI=1S/C13H20N2O5/c16-9-7-14(8-10-17)6-3-11-20-13-5-2-1-4-12(13)15(18)19/h1-2,4-5,16-17H,3,6-11H2. The summed E-state index contributed by atoms with van der Waals surface area (Å²) >= 11 is 0. The van der Waals surface area contributed by atoms with Gasteiger partial charge in [0.05, 0.1) is 24.7 Å². The predicted molar refractivity (Wildman–Crippen MR) is 73.8 cm³/mol. The van der Waals surface area contributed by atoms with Crippen LogP contribution in [0.3, 0.4) is 0 Å². The van der Waals surface area contributed by atoms with Crippen LogP contribution in [0.2, 0.25) is 0 Å². The van der Waals surface area contributed by atoms with Crippen molar-refractivity contribution in [3.8, 4) is 5.75 Å². The number of ether oxygens (including phenoxy) is 1. The van der Waals surface area contributed by atoms with Crippen molar-refractivity contribution < 1.29 is 19.9 Å². The molecule has 0 spiro atoms. The first-order valence-electron chi connectivity index (χ1n) is 6.49. The van der Waals surface area contributed by atoms with Crippen molar-refractivity contribution in [3.05, 3.63) is 34.4 Å². The van der Waals surface area contributed by atoms with Crippen LogP contribution in [0.1, 0.15) is 6.42 Å². The Balaban J connectivity index is 2.38. The Morgan fingerprint density at radius 1 is 1.15 bits per heavy atom. The Labute approximate surface area is 117 Å². The smallest absolute Gasteiger partial charge is 0.310 e. The molecule has 7 nitrogen and oxygen atoms in total. The summed E-state index contributed by atoms with van der Waals surface area (Å²) in [5.41, 5.74) is -0.0462. The van der Waals surface area contributed by atoms with Gasteiger partial charge >= 0.3 is 5.69 Å². The van der Waals surface area contributed by atoms with Gasteiger partial charge < -0.3 is 14.9 Å². The Morgan fingerprint density at radius 2 is 1.80 bits per heavy atom. The van der Waals surface area contributed by atoms with Crippen molar-refractivity contribution >= 4 is 5.69 Å². The number of aliphatic hydroxyl groups is 2. The number of rotatable bonds is 10. The van der Waals surface area contributed by atoms with Crippen molar-refractivity contribution in [3.63, 3.8) is 0 Å². The SMILES string of the molecule is O=[N+]([O-])c1ccccc1OCCCN(CCO)CCO. The molecule has 112 valence electrons. The van der Waals surface area contributed by atoms with Crippen molar-refractivity contribution in [2.24, 2.45) is 0 Å². The van der Waals surface area contributed by atoms with Gasteiger partial charge in [-0.1, -0.05) is 12.1 Å². The molecule has 2 N–H and O–H groups in total. The fraction of sp³-hybridized carbons (Fsp3) is 0.538. The molecule has 0 atom stereocenters. The summed E-state index contributed by atoms with van der Waals surface area (Å²) in [6.07, 6.45) is 0.659. The molecule has 0 aliphatic rings. The van der Waals surface area contributed by atoms with Gasteiger partial charge in [0.25, 0.3) is 0 Å². The molecule has 0 saturated heterocycles. The van der Waals surface area contributed by atoms with Crippen molar-refractivity contribution in [1.82, 2.24) is 4.90 Å². The molecule has 0 aromatic heterocycles. The van der Waals surface area contributed by atoms with Gasteiger partial charge in [-0.25, -0.2) is 0 Å². The van der Waals surface area contributed by atoms with Gasteiger partial charge in [-0.3, -0.25) is 15.0 Å². The van der Waals surface area contributed by atoms with E-state index in [0.717, 1.165) is 0 Å². The lowest BCUT2D eigenvalue weighted by atomic mass is 10.3. The predicted octanol–water partition coefficient (Wildman–Crippen LogP) is 0.650. The average Bonchev–Trinajstić information content (AvgIpc) is 2.44. The molecule has 0 radical (unpaired) electrons. The molecule has 0 aliphatic carbocycles. The molecule has 0 aliphatic heterocycles. The number of hydrogen-bond donors (Lipinski definition) is 2. The topological polar surface area (TPSA) is 96.1 Å². The van der Waals surface area contributed by atoms with E-state index in [0.29, 0.717) is 32.7 Å². The third kappa shape index (κ3) is 5.52. The van der Waals surface area contributed by atoms with Crippen LogP contribution >= 0.6 is 0 Å². The molecule has 1 aromatic carbocycles. The largest absolute Gasteiger partial charge is 0.487 e. The normalized spacial score (nSPS) is 10.8. The fourth-order valence-corrected chi connectivity index (χ4v) is 1.82. The Hall–Kier alpha value is -1.70. The minimum atomic E-state index is -0.473. The van der Waals surface area contributed by atoms with Gasteiger partial charge in [-0.05, 0) is 12.5 Å². The molecule has 0 heterocycles. The number of nitro benzene ring substituents is 1. The van der Waals surface area contributed by atoms with E-state index in [4.69, 9.17) is 14.9 Å². The van der Waals surface area contributed by atoms with Crippen LogP contribution in [0.4, 0.5) is 5.69 Å². The van der Waals surface area contributed by atoms with Crippen LogP contribution in [0.5, 0.6) is 5.75 Å². The van der Waals surface area contributed by atoms with Crippen molar-refractivity contribution in [1.29, 1.82) is 0 Å². The number of para-hydroxylation sites is 2. The highest BCUT2D eigenvalue weighted by Crippen LogP contribution is 2.25. The van der Waals surface area contributed by atoms with Crippen LogP contribution in [-0.4, -0.2) is 59.5 Å². The minimum Gasteiger partial charge on any atom is -0.487 e. The molecule has 1 rings (SSSR count). The lowest BCUT2D eigenvalue weighted by Crippen LogP contribution is -2.31. The first-order valence-corrected chi connectivity index (χ1v) is 6.49. The van der Waals surface area contributed by atoms with Crippen LogP contribution in [0.25, 0.3) is 0 Å². The van der Waals surface area contributed by atoms with Crippen LogP contribution in [0, 0.1) is 10.1 Å². The molecule has 0 unspecified atom stereocenters. The molecule has 7 heteroatoms. The van der Waals surface area contributed by atoms with E-state index in [2.05, 4.69) is 0 Å². The molecular formula is C13H20N2O5. The van der Waals surface area contributed by atoms with E-state index >= 15 is 0 Å². The lowest BCUT2D eigenvalue weighted by Gasteiger charge is -2.19. The number of hydrogen-bond acceptors (Lipinski definition) is 6. The zero-order valence-electron chi connectivity index (χ0n) is 11.3. The molecule has 0 saturated carbocycles. The zero-order valence-corrected chi connectivity index (χ0v) is 11.3. The van der Waals surface area contributed by atoms with E-state index in [1.807, 2.05) is 4.90 Å². The maximum absolute atomic E-state index is 10.8. The van der Waals surface area contributed by atoms with E-state index < -0.39 is 4.92 Å². The first kappa shape index (κ1) is 16.4. The molecule has 20 heavy (non-hydrogen) atoms. The van der Waals surface area contributed by atoms with E-state index in [-0.39, 0.29) is 24.7 Å². The summed E-state index contributed by atoms with van der Waals surface area (Å²) in [5.74, 6) is 0.258. The highest BCUT2D eigenvalue weighted by Gasteiger charge is 2.13. The second kappa shape index (κ2) is 9.24. The van der Waals surface area contributed by atoms with Gasteiger partial charge in [0.2, 0.25) is 0 Å². The van der Waals surface area contributed by atoms with Gasteiger partial charge in [-0.15, -0.1) is 0 Å². The Morgan fingerprint density at radius 3 is 2.40 bits per heavy atom. The molecule has 1 aromatic rings. The molecule has 0 amide bonds. The van der Waals surface area contributed by atoms with Crippen molar-refractivity contribution in [2.75, 3.05) is 39.5 Å². The van der Waals surface area contributed by atoms with Crippen LogP contribution < -0.4 is 4.74 Å². The maximum atomic E-state index is 10.8. The monoisotopic (exact) mass is 284 g/mol. The second-order valence-corrected chi connectivity index (χ2v) is 4.22. The van der Waals surface area contributed by atoms with E-state index in [9.17, 15) is 10.1 Å². The number of benzene rings is 1. The minimum absolute atomic E-state index is 0.0328. The fourth-order valence-electron chi connectivity index (χ4n) is 1.82. The van der Waals surface area contributed by atoms with Gasteiger partial charge in [0.15, 0.2) is 5.75 Å². The average molecular weight is 284 g/mol. The van der Waals surface area contributed by atoms with Gasteiger partial charge in [0, 0.05) is 25.7 Å². The quantitative estimate of drug-likeness (QED) is 0.372. The summed E-state index contributed by atoms with van der Waals surface area (Å²) in [7, 11) is 0. The summed E-state index contributed by atoms with van der Waals surface area (Å²) < 4.78 is 5.41. The summed E-state index contributed by atoms with van der Waals surface area (Å²) in [4.78, 5) is 12.2. The summed E-state index contributed by atoms with van der Waals surface area (Å²) in [6.45, 7) is 2.05. The Bertz CT molecular complexity index is 408. The van der Waals surface area contributed by atoms with Crippen LogP contribution in [0.15, 0.2) is 24.3 Å². The first-order chi connectivity index (χ1) is 9.69. The number of aliphatic hydroxyl groups excluding tert-OH is 2. The lowest BCUT2D eigenvalue weighted by molar-refractivity contribution is -0.385. The molecule has 0 fully saturated rings. The third-order valence-corrected chi connectivity index (χ3v) is 2.77. The maximum Gasteiger partial charge on any atom is 0.310 e. The number of nitro groups is 1. The summed E-state index contributed by atoms with van der Waals surface area (Å²) in [5, 5.41) is 28.5. The molecular weight excluding hydrogens is 264 g/mol. The van der Waals surface area contributed by atoms with E-state index in [1.54, 1.807) is 18.2 Å². The molecule has 0 bridgehead atoms. The highest BCUT2D eigenvalue weighted by atomic mass is 16.6. The van der Waals surface area contributed by atoms with Crippen molar-refractivity contribution in [2.45, 2.75) is 6.42 Å². The third-order valence-electron chi connectivity index (χ3n) is 2.77. The van der Waals surface area contributed by atoms with Gasteiger partial charge in [-0.2, -0.15) is 0 Å². The Kier molecular flexibility index (Phi) is 7.56. The zero-order chi connectivity index (χ0) is 14.8. The van der Waals surface area contributed by atoms with Gasteiger partial charge in [0.1, 0.15) is 0 Å². The second-order valence-electron chi connectivity index (χ2n) is 4.22. The summed E-state index contributed by atoms with van der Waals surface area (Å²) in [6, 6.07) is 6.25. The van der Waals surface area contributed by atoms with E-state index in [1.165, 1.54) is 6.07 Å². The highest BCUT2D eigenvalue weighted by molar-refractivity contribution is 5.45. The number of nitrogens with zero attached hydrogens (tertiary/aromatic N) is 2. The van der Waals surface area contributed by atoms with Crippen LogP contribution in [-0.2, 0) is 0 Å².